The van der Waals surface area contributed by atoms with Gasteiger partial charge in [0.25, 0.3) is 0 Å². The highest BCUT2D eigenvalue weighted by molar-refractivity contribution is 6.01. The molecular weight excluding hydrogens is 362 g/mol. The van der Waals surface area contributed by atoms with Gasteiger partial charge in [-0.3, -0.25) is 4.79 Å². The van der Waals surface area contributed by atoms with Crippen LogP contribution < -0.4 is 14.8 Å². The molecule has 8 nitrogen and oxygen atoms in total. The predicted molar refractivity (Wildman–Crippen MR) is 101 cm³/mol. The van der Waals surface area contributed by atoms with E-state index in [2.05, 4.69) is 10.4 Å². The molecule has 1 aliphatic carbocycles. The molecule has 0 bridgehead atoms. The summed E-state index contributed by atoms with van der Waals surface area (Å²) in [4.78, 5) is 25.0. The highest BCUT2D eigenvalue weighted by Crippen LogP contribution is 2.44. The fourth-order valence-corrected chi connectivity index (χ4v) is 3.85. The maximum absolute atomic E-state index is 12.8. The summed E-state index contributed by atoms with van der Waals surface area (Å²) in [6.07, 6.45) is 3.43. The molecule has 4 rings (SSSR count). The minimum Gasteiger partial charge on any atom is -0.497 e. The number of carbonyl (C=O) groups excluding carboxylic acids is 2. The van der Waals surface area contributed by atoms with Gasteiger partial charge in [0.05, 0.1) is 27.5 Å². The van der Waals surface area contributed by atoms with Crippen LogP contribution in [0.15, 0.2) is 35.7 Å². The zero-order chi connectivity index (χ0) is 19.8. The molecule has 0 saturated carbocycles. The van der Waals surface area contributed by atoms with Gasteiger partial charge in [-0.1, -0.05) is 0 Å². The first-order chi connectivity index (χ1) is 13.6. The quantitative estimate of drug-likeness (QED) is 0.812. The number of hydrogen-bond acceptors (Lipinski definition) is 7. The van der Waals surface area contributed by atoms with Crippen LogP contribution >= 0.6 is 0 Å². The lowest BCUT2D eigenvalue weighted by atomic mass is 9.85. The molecule has 0 fully saturated rings. The standard InChI is InChI=1S/C20H21N3O5/c1-26-11-7-8-12(16(9-11)27-2)18-17-14(5-4-6-15(17)24)22-19-13(20(25)28-3)10-21-23(18)19/h7-10,18,22H,4-6H2,1-3H3/t18-/m1/s1. The van der Waals surface area contributed by atoms with Crippen molar-refractivity contribution >= 4 is 17.6 Å². The van der Waals surface area contributed by atoms with E-state index in [0.29, 0.717) is 34.9 Å². The van der Waals surface area contributed by atoms with E-state index < -0.39 is 12.0 Å². The van der Waals surface area contributed by atoms with Crippen molar-refractivity contribution < 1.29 is 23.8 Å². The number of ether oxygens (including phenoxy) is 3. The Bertz CT molecular complexity index is 992. The molecule has 0 saturated heterocycles. The third-order valence-corrected chi connectivity index (χ3v) is 5.18. The SMILES string of the molecule is COC(=O)c1cnn2c1NC1=C(C(=O)CCC1)[C@H]2c1ccc(OC)cc1OC. The van der Waals surface area contributed by atoms with Crippen LogP contribution in [0.3, 0.4) is 0 Å². The van der Waals surface area contributed by atoms with Crippen LogP contribution in [0.2, 0.25) is 0 Å². The number of nitrogens with zero attached hydrogens (tertiary/aromatic N) is 2. The van der Waals surface area contributed by atoms with E-state index in [1.54, 1.807) is 25.0 Å². The fraction of sp³-hybridized carbons (Fsp3) is 0.350. The molecular formula is C20H21N3O5. The number of fused-ring (bicyclic) bond motifs is 1. The van der Waals surface area contributed by atoms with Crippen molar-refractivity contribution in [3.63, 3.8) is 0 Å². The summed E-state index contributed by atoms with van der Waals surface area (Å²) in [6.45, 7) is 0. The summed E-state index contributed by atoms with van der Waals surface area (Å²) in [5.74, 6) is 1.33. The first kappa shape index (κ1) is 18.1. The number of rotatable bonds is 4. The van der Waals surface area contributed by atoms with E-state index in [9.17, 15) is 9.59 Å². The van der Waals surface area contributed by atoms with Gasteiger partial charge in [0.15, 0.2) is 5.78 Å². The molecule has 1 N–H and O–H groups in total. The average Bonchev–Trinajstić information content (AvgIpc) is 3.15. The van der Waals surface area contributed by atoms with E-state index >= 15 is 0 Å². The predicted octanol–water partition coefficient (Wildman–Crippen LogP) is 2.71. The number of aromatic nitrogens is 2. The summed E-state index contributed by atoms with van der Waals surface area (Å²) in [6, 6.07) is 4.95. The number of ketones is 1. The fourth-order valence-electron chi connectivity index (χ4n) is 3.85. The summed E-state index contributed by atoms with van der Waals surface area (Å²) in [7, 11) is 4.48. The van der Waals surface area contributed by atoms with Gasteiger partial charge in [-0.2, -0.15) is 5.10 Å². The molecule has 28 heavy (non-hydrogen) atoms. The highest BCUT2D eigenvalue weighted by Gasteiger charge is 2.39. The van der Waals surface area contributed by atoms with Crippen molar-refractivity contribution in [2.45, 2.75) is 25.3 Å². The molecule has 8 heteroatoms. The molecule has 0 unspecified atom stereocenters. The van der Waals surface area contributed by atoms with Gasteiger partial charge in [-0.25, -0.2) is 9.48 Å². The Hall–Kier alpha value is -3.29. The number of Topliss-reactive ketones (excluding diaryl/α,β-unsaturated/α-hetero) is 1. The summed E-state index contributed by atoms with van der Waals surface area (Å²) >= 11 is 0. The van der Waals surface area contributed by atoms with Crippen LogP contribution in [-0.4, -0.2) is 42.9 Å². The van der Waals surface area contributed by atoms with Gasteiger partial charge in [-0.15, -0.1) is 0 Å². The van der Waals surface area contributed by atoms with Crippen molar-refractivity contribution in [3.8, 4) is 11.5 Å². The smallest absolute Gasteiger partial charge is 0.343 e. The van der Waals surface area contributed by atoms with Gasteiger partial charge in [-0.05, 0) is 25.0 Å². The summed E-state index contributed by atoms with van der Waals surface area (Å²) in [5.41, 5.74) is 2.57. The molecule has 1 aromatic carbocycles. The van der Waals surface area contributed by atoms with Crippen LogP contribution in [-0.2, 0) is 9.53 Å². The molecule has 2 aromatic rings. The molecule has 0 radical (unpaired) electrons. The van der Waals surface area contributed by atoms with Crippen molar-refractivity contribution in [2.24, 2.45) is 0 Å². The van der Waals surface area contributed by atoms with E-state index in [0.717, 1.165) is 24.1 Å². The number of allylic oxidation sites excluding steroid dienone is 2. The van der Waals surface area contributed by atoms with Gasteiger partial charge < -0.3 is 19.5 Å². The lowest BCUT2D eigenvalue weighted by Crippen LogP contribution is -2.32. The summed E-state index contributed by atoms with van der Waals surface area (Å²) in [5, 5.41) is 7.65. The van der Waals surface area contributed by atoms with Crippen molar-refractivity contribution in [3.05, 3.63) is 46.8 Å². The number of anilines is 1. The molecule has 146 valence electrons. The summed E-state index contributed by atoms with van der Waals surface area (Å²) < 4.78 is 17.4. The third kappa shape index (κ3) is 2.72. The van der Waals surface area contributed by atoms with Crippen LogP contribution in [0, 0.1) is 0 Å². The monoisotopic (exact) mass is 383 g/mol. The molecule has 0 spiro atoms. The molecule has 0 amide bonds. The van der Waals surface area contributed by atoms with Gasteiger partial charge in [0.1, 0.15) is 28.9 Å². The van der Waals surface area contributed by atoms with Gasteiger partial charge >= 0.3 is 5.97 Å². The van der Waals surface area contributed by atoms with Crippen LogP contribution in [0.5, 0.6) is 11.5 Å². The first-order valence-corrected chi connectivity index (χ1v) is 9.00. The normalized spacial score (nSPS) is 18.1. The second-order valence-corrected chi connectivity index (χ2v) is 6.65. The van der Waals surface area contributed by atoms with E-state index in [1.807, 2.05) is 12.1 Å². The number of nitrogens with one attached hydrogen (secondary N) is 1. The van der Waals surface area contributed by atoms with Crippen molar-refractivity contribution in [1.29, 1.82) is 0 Å². The maximum Gasteiger partial charge on any atom is 0.343 e. The second kappa shape index (κ2) is 7.03. The molecule has 1 aliphatic heterocycles. The minimum absolute atomic E-state index is 0.0670. The minimum atomic E-state index is -0.502. The Morgan fingerprint density at radius 1 is 1.21 bits per heavy atom. The molecule has 1 aromatic heterocycles. The Morgan fingerprint density at radius 2 is 2.04 bits per heavy atom. The van der Waals surface area contributed by atoms with Crippen LogP contribution in [0.4, 0.5) is 5.82 Å². The van der Waals surface area contributed by atoms with Crippen LogP contribution in [0.25, 0.3) is 0 Å². The van der Waals surface area contributed by atoms with E-state index in [1.165, 1.54) is 13.3 Å². The number of esters is 1. The average molecular weight is 383 g/mol. The Morgan fingerprint density at radius 3 is 2.75 bits per heavy atom. The lowest BCUT2D eigenvalue weighted by molar-refractivity contribution is -0.116. The van der Waals surface area contributed by atoms with Gasteiger partial charge in [0.2, 0.25) is 0 Å². The largest absolute Gasteiger partial charge is 0.497 e. The molecule has 1 atom stereocenters. The van der Waals surface area contributed by atoms with Crippen molar-refractivity contribution in [2.75, 3.05) is 26.6 Å². The Kier molecular flexibility index (Phi) is 4.54. The third-order valence-electron chi connectivity index (χ3n) is 5.18. The van der Waals surface area contributed by atoms with Gasteiger partial charge in [0, 0.05) is 29.3 Å². The Labute approximate surface area is 162 Å². The zero-order valence-electron chi connectivity index (χ0n) is 15.9. The van der Waals surface area contributed by atoms with Crippen molar-refractivity contribution in [1.82, 2.24) is 9.78 Å². The van der Waals surface area contributed by atoms with E-state index in [-0.39, 0.29) is 5.78 Å². The zero-order valence-corrected chi connectivity index (χ0v) is 15.9. The Balaban J connectivity index is 1.94. The molecule has 2 aliphatic rings. The van der Waals surface area contributed by atoms with E-state index in [4.69, 9.17) is 14.2 Å². The molecule has 2 heterocycles. The lowest BCUT2D eigenvalue weighted by Gasteiger charge is -2.34. The number of benzene rings is 1. The second-order valence-electron chi connectivity index (χ2n) is 6.65. The topological polar surface area (TPSA) is 91.7 Å². The number of carbonyl (C=O) groups is 2. The maximum atomic E-state index is 12.8. The number of hydrogen-bond donors (Lipinski definition) is 1. The first-order valence-electron chi connectivity index (χ1n) is 9.00. The number of methoxy groups -OCH3 is 3. The highest BCUT2D eigenvalue weighted by atomic mass is 16.5. The van der Waals surface area contributed by atoms with Crippen LogP contribution in [0.1, 0.15) is 41.2 Å².